The molecule has 0 atom stereocenters. The van der Waals surface area contributed by atoms with Crippen molar-refractivity contribution < 1.29 is 28.6 Å². The van der Waals surface area contributed by atoms with Crippen LogP contribution in [0.25, 0.3) is 16.7 Å². The van der Waals surface area contributed by atoms with Crippen LogP contribution in [0, 0.1) is 5.82 Å². The van der Waals surface area contributed by atoms with Gasteiger partial charge in [0.15, 0.2) is 0 Å². The lowest BCUT2D eigenvalue weighted by Gasteiger charge is -2.07. The molecule has 0 bridgehead atoms. The van der Waals surface area contributed by atoms with Crippen molar-refractivity contribution in [2.75, 3.05) is 13.7 Å². The molecule has 0 saturated heterocycles. The van der Waals surface area contributed by atoms with Gasteiger partial charge in [0.25, 0.3) is 5.78 Å². The maximum Gasteiger partial charge on any atom is 0.379 e. The number of hydrogen-bond donors (Lipinski definition) is 1. The number of carbonyl (C=O) groups is 2. The van der Waals surface area contributed by atoms with Gasteiger partial charge in [-0.05, 0) is 25.1 Å². The fourth-order valence-electron chi connectivity index (χ4n) is 3.09. The Hall–Kier alpha value is -3.61. The minimum Gasteiger partial charge on any atom is -0.507 e. The van der Waals surface area contributed by atoms with Gasteiger partial charge in [-0.1, -0.05) is 24.3 Å². The quantitative estimate of drug-likeness (QED) is 0.283. The number of esters is 1. The second-order valence-electron chi connectivity index (χ2n) is 6.23. The predicted octanol–water partition coefficient (Wildman–Crippen LogP) is 3.87. The van der Waals surface area contributed by atoms with E-state index in [-0.39, 0.29) is 24.5 Å². The average molecular weight is 397 g/mol. The zero-order valence-electron chi connectivity index (χ0n) is 16.0. The molecule has 3 aromatic rings. The highest BCUT2D eigenvalue weighted by atomic mass is 19.1. The van der Waals surface area contributed by atoms with Gasteiger partial charge in [0.05, 0.1) is 31.2 Å². The van der Waals surface area contributed by atoms with E-state index in [9.17, 15) is 19.1 Å². The highest BCUT2D eigenvalue weighted by Crippen LogP contribution is 2.34. The Bertz CT molecular complexity index is 1100. The minimum absolute atomic E-state index is 0.0505. The van der Waals surface area contributed by atoms with Crippen molar-refractivity contribution in [3.63, 3.8) is 0 Å². The Morgan fingerprint density at radius 3 is 2.62 bits per heavy atom. The third-order valence-corrected chi connectivity index (χ3v) is 4.41. The van der Waals surface area contributed by atoms with Gasteiger partial charge >= 0.3 is 5.97 Å². The van der Waals surface area contributed by atoms with E-state index in [0.29, 0.717) is 22.2 Å². The van der Waals surface area contributed by atoms with E-state index in [0.717, 1.165) is 6.08 Å². The maximum absolute atomic E-state index is 14.1. The van der Waals surface area contributed by atoms with Crippen molar-refractivity contribution in [3.05, 3.63) is 71.7 Å². The lowest BCUT2D eigenvalue weighted by Crippen LogP contribution is -2.15. The molecule has 0 fully saturated rings. The summed E-state index contributed by atoms with van der Waals surface area (Å²) in [6.07, 6.45) is 2.40. The fraction of sp³-hybridized carbons (Fsp3) is 0.182. The van der Waals surface area contributed by atoms with Crippen LogP contribution >= 0.6 is 0 Å². The third-order valence-electron chi connectivity index (χ3n) is 4.41. The Morgan fingerprint density at radius 1 is 1.17 bits per heavy atom. The number of rotatable bonds is 7. The van der Waals surface area contributed by atoms with Crippen LogP contribution in [0.3, 0.4) is 0 Å². The van der Waals surface area contributed by atoms with Crippen LogP contribution in [0.1, 0.15) is 18.1 Å². The van der Waals surface area contributed by atoms with E-state index in [2.05, 4.69) is 4.74 Å². The first-order valence-corrected chi connectivity index (χ1v) is 8.97. The van der Waals surface area contributed by atoms with E-state index in [1.807, 2.05) is 0 Å². The van der Waals surface area contributed by atoms with Gasteiger partial charge < -0.3 is 19.1 Å². The molecule has 3 rings (SSSR count). The first-order chi connectivity index (χ1) is 14.0. The van der Waals surface area contributed by atoms with Crippen molar-refractivity contribution in [3.8, 4) is 5.75 Å². The summed E-state index contributed by atoms with van der Waals surface area (Å²) in [5.41, 5.74) is 1.42. The van der Waals surface area contributed by atoms with Crippen molar-refractivity contribution in [1.82, 2.24) is 4.57 Å². The number of halogens is 1. The summed E-state index contributed by atoms with van der Waals surface area (Å²) in [6, 6.07) is 11.7. The first-order valence-electron chi connectivity index (χ1n) is 8.97. The number of nitrogens with zero attached hydrogens (tertiary/aromatic N) is 1. The SMILES string of the molecule is CCOC(=O)C(=O)C=C(O)c1cn(Cc2ccccc2F)c2cccc(OC)c12. The zero-order chi connectivity index (χ0) is 21.0. The molecule has 6 nitrogen and oxygen atoms in total. The number of aromatic nitrogens is 1. The molecule has 0 aliphatic rings. The lowest BCUT2D eigenvalue weighted by molar-refractivity contribution is -0.151. The number of aliphatic hydroxyl groups excluding tert-OH is 1. The second kappa shape index (κ2) is 8.60. The van der Waals surface area contributed by atoms with Gasteiger partial charge in [-0.15, -0.1) is 0 Å². The van der Waals surface area contributed by atoms with Crippen LogP contribution in [-0.2, 0) is 20.9 Å². The molecule has 0 saturated carbocycles. The molecule has 1 N–H and O–H groups in total. The van der Waals surface area contributed by atoms with Gasteiger partial charge in [0, 0.05) is 23.4 Å². The molecule has 7 heteroatoms. The van der Waals surface area contributed by atoms with E-state index < -0.39 is 17.5 Å². The highest BCUT2D eigenvalue weighted by molar-refractivity contribution is 6.39. The summed E-state index contributed by atoms with van der Waals surface area (Å²) in [5, 5.41) is 11.1. The van der Waals surface area contributed by atoms with Crippen molar-refractivity contribution >= 4 is 28.4 Å². The molecule has 0 radical (unpaired) electrons. The molecule has 1 heterocycles. The number of ketones is 1. The maximum atomic E-state index is 14.1. The van der Waals surface area contributed by atoms with Crippen LogP contribution in [0.2, 0.25) is 0 Å². The summed E-state index contributed by atoms with van der Waals surface area (Å²) in [4.78, 5) is 23.5. The minimum atomic E-state index is -1.05. The largest absolute Gasteiger partial charge is 0.507 e. The van der Waals surface area contributed by atoms with Crippen LogP contribution in [0.5, 0.6) is 5.75 Å². The number of ether oxygens (including phenoxy) is 2. The number of hydrogen-bond acceptors (Lipinski definition) is 5. The number of benzene rings is 2. The Kier molecular flexibility index (Phi) is 5.97. The first kappa shape index (κ1) is 20.1. The molecular weight excluding hydrogens is 377 g/mol. The van der Waals surface area contributed by atoms with Crippen molar-refractivity contribution in [2.24, 2.45) is 0 Å². The molecule has 0 spiro atoms. The molecule has 0 aliphatic carbocycles. The molecular formula is C22H20FNO5. The fourth-order valence-corrected chi connectivity index (χ4v) is 3.09. The topological polar surface area (TPSA) is 77.8 Å². The molecule has 0 aliphatic heterocycles. The van der Waals surface area contributed by atoms with E-state index >= 15 is 0 Å². The number of methoxy groups -OCH3 is 1. The monoisotopic (exact) mass is 397 g/mol. The Balaban J connectivity index is 2.11. The van der Waals surface area contributed by atoms with Crippen molar-refractivity contribution in [1.29, 1.82) is 0 Å². The highest BCUT2D eigenvalue weighted by Gasteiger charge is 2.19. The summed E-state index contributed by atoms with van der Waals surface area (Å²) in [5.74, 6) is -2.33. The van der Waals surface area contributed by atoms with Gasteiger partial charge in [-0.2, -0.15) is 0 Å². The predicted molar refractivity (Wildman–Crippen MR) is 106 cm³/mol. The summed E-state index contributed by atoms with van der Waals surface area (Å²) < 4.78 is 25.9. The van der Waals surface area contributed by atoms with Gasteiger partial charge in [-0.3, -0.25) is 4.79 Å². The molecule has 150 valence electrons. The van der Waals surface area contributed by atoms with E-state index in [4.69, 9.17) is 4.74 Å². The number of fused-ring (bicyclic) bond motifs is 1. The van der Waals surface area contributed by atoms with Crippen LogP contribution in [0.4, 0.5) is 4.39 Å². The Labute approximate surface area is 166 Å². The average Bonchev–Trinajstić information content (AvgIpc) is 3.08. The number of carbonyl (C=O) groups excluding carboxylic acids is 2. The third kappa shape index (κ3) is 4.13. The summed E-state index contributed by atoms with van der Waals surface area (Å²) in [7, 11) is 1.48. The Morgan fingerprint density at radius 2 is 1.93 bits per heavy atom. The van der Waals surface area contributed by atoms with Crippen LogP contribution in [0.15, 0.2) is 54.7 Å². The molecule has 29 heavy (non-hydrogen) atoms. The summed E-state index contributed by atoms with van der Waals surface area (Å²) in [6.45, 7) is 1.83. The lowest BCUT2D eigenvalue weighted by atomic mass is 10.1. The van der Waals surface area contributed by atoms with E-state index in [1.54, 1.807) is 54.1 Å². The van der Waals surface area contributed by atoms with E-state index in [1.165, 1.54) is 13.2 Å². The van der Waals surface area contributed by atoms with Crippen molar-refractivity contribution in [2.45, 2.75) is 13.5 Å². The zero-order valence-corrected chi connectivity index (χ0v) is 16.0. The molecule has 1 aromatic heterocycles. The van der Waals surface area contributed by atoms with Crippen LogP contribution in [-0.4, -0.2) is 35.1 Å². The molecule has 2 aromatic carbocycles. The normalized spacial score (nSPS) is 11.5. The summed E-state index contributed by atoms with van der Waals surface area (Å²) >= 11 is 0. The smallest absolute Gasteiger partial charge is 0.379 e. The number of aliphatic hydroxyl groups is 1. The standard InChI is InChI=1S/C22H20FNO5/c1-3-29-22(27)19(26)11-18(25)15-13-24(12-14-7-4-5-8-16(14)23)17-9-6-10-20(28-2)21(15)17/h4-11,13,25H,3,12H2,1-2H3. The second-order valence-corrected chi connectivity index (χ2v) is 6.23. The molecule has 0 amide bonds. The van der Waals surface area contributed by atoms with Gasteiger partial charge in [-0.25, -0.2) is 9.18 Å². The molecule has 0 unspecified atom stereocenters. The van der Waals surface area contributed by atoms with Gasteiger partial charge in [0.2, 0.25) is 0 Å². The van der Waals surface area contributed by atoms with Crippen LogP contribution < -0.4 is 4.74 Å². The van der Waals surface area contributed by atoms with Gasteiger partial charge in [0.1, 0.15) is 17.3 Å².